The van der Waals surface area contributed by atoms with Crippen molar-refractivity contribution < 1.29 is 42.0 Å². The third-order valence-electron chi connectivity index (χ3n) is 11.2. The highest BCUT2D eigenvalue weighted by atomic mass is 32.2. The van der Waals surface area contributed by atoms with Gasteiger partial charge in [-0.3, -0.25) is 38.5 Å². The number of nitrogens with one attached hydrogen (secondary N) is 4. The van der Waals surface area contributed by atoms with Crippen LogP contribution in [0.3, 0.4) is 0 Å². The van der Waals surface area contributed by atoms with Crippen LogP contribution < -0.4 is 26.4 Å². The largest absolute Gasteiger partial charge is 0.342 e. The fraction of sp³-hybridized carbons (Fsp3) is 0.489. The van der Waals surface area contributed by atoms with Crippen LogP contribution in [0.1, 0.15) is 109 Å². The number of benzene rings is 2. The molecule has 3 aromatic rings. The number of carbonyl (C=O) groups is 7. The van der Waals surface area contributed by atoms with Gasteiger partial charge in [0.2, 0.25) is 17.7 Å². The molecule has 5 atom stereocenters. The molecule has 0 unspecified atom stereocenters. The molecule has 6 N–H and O–H groups in total. The zero-order chi connectivity index (χ0) is 46.3. The molecule has 1 aliphatic carbocycles. The van der Waals surface area contributed by atoms with E-state index in [2.05, 4.69) is 25.9 Å². The number of carbonyl (C=O) groups excluding carboxylic acids is 7. The maximum absolute atomic E-state index is 14.6. The molecule has 17 nitrogen and oxygen atoms in total. The summed E-state index contributed by atoms with van der Waals surface area (Å²) in [7, 11) is -4.69. The predicted molar refractivity (Wildman–Crippen MR) is 234 cm³/mol. The van der Waals surface area contributed by atoms with Crippen molar-refractivity contribution >= 4 is 51.4 Å². The summed E-state index contributed by atoms with van der Waals surface area (Å²) in [6.45, 7) is 8.90. The van der Waals surface area contributed by atoms with Gasteiger partial charge in [0.15, 0.2) is 0 Å². The molecule has 1 aromatic heterocycles. The summed E-state index contributed by atoms with van der Waals surface area (Å²) in [5.41, 5.74) is 7.55. The van der Waals surface area contributed by atoms with Crippen LogP contribution in [0, 0.1) is 17.8 Å². The Labute approximate surface area is 369 Å². The summed E-state index contributed by atoms with van der Waals surface area (Å²) in [6.07, 6.45) is 8.24. The molecule has 7 amide bonds. The molecule has 2 aromatic carbocycles. The van der Waals surface area contributed by atoms with Crippen molar-refractivity contribution in [3.63, 3.8) is 0 Å². The molecule has 18 heteroatoms. The Balaban J connectivity index is 1.63. The molecule has 0 aliphatic heterocycles. The van der Waals surface area contributed by atoms with Gasteiger partial charge in [0, 0.05) is 24.9 Å². The zero-order valence-electron chi connectivity index (χ0n) is 36.5. The van der Waals surface area contributed by atoms with Crippen molar-refractivity contribution in [1.82, 2.24) is 35.5 Å². The zero-order valence-corrected chi connectivity index (χ0v) is 37.4. The second-order valence-electron chi connectivity index (χ2n) is 16.5. The number of aromatic nitrogens is 2. The molecule has 0 radical (unpaired) electrons. The smallest absolute Gasteiger partial charge is 0.326 e. The summed E-state index contributed by atoms with van der Waals surface area (Å²) in [5, 5.41) is 8.11. The average Bonchev–Trinajstić information content (AvgIpc) is 3.27. The van der Waals surface area contributed by atoms with Crippen molar-refractivity contribution in [3.8, 4) is 11.1 Å². The van der Waals surface area contributed by atoms with Crippen LogP contribution in [0.15, 0.2) is 78.1 Å². The molecule has 4 rings (SSSR count). The molecule has 63 heavy (non-hydrogen) atoms. The monoisotopic (exact) mass is 888 g/mol. The first-order valence-electron chi connectivity index (χ1n) is 21.5. The third kappa shape index (κ3) is 14.3. The molecule has 0 spiro atoms. The van der Waals surface area contributed by atoms with Crippen LogP contribution >= 0.6 is 0 Å². The molecule has 1 aliphatic rings. The summed E-state index contributed by atoms with van der Waals surface area (Å²) in [5.74, 6) is -8.82. The number of hydrogen-bond acceptors (Lipinski definition) is 12. The van der Waals surface area contributed by atoms with Gasteiger partial charge in [-0.15, -0.1) is 0 Å². The maximum Gasteiger partial charge on any atom is 0.326 e. The van der Waals surface area contributed by atoms with Crippen molar-refractivity contribution in [1.29, 1.82) is 0 Å². The lowest BCUT2D eigenvalue weighted by Crippen LogP contribution is -2.61. The molecule has 1 saturated carbocycles. The normalized spacial score (nSPS) is 15.5. The van der Waals surface area contributed by atoms with E-state index in [9.17, 15) is 42.0 Å². The van der Waals surface area contributed by atoms with Crippen LogP contribution in [0.2, 0.25) is 0 Å². The standard InChI is InChI=1S/C45H60N8O9S/c1-6-29(5)39(51-40(55)35(24-28(3)4)49-41(56)37-27-47-22-23-48-37)42(57)50-36(25-30-14-10-8-11-15-30)44(59)53(38(54)26-33(46)7-2)45(60)43(58)52-63(61,62)34-20-18-32(19-21-34)31-16-12-9-13-17-31/h9,12-13,16-23,27-30,33,35-36,39H,6-8,10-11,14-15,24-26,46H2,1-5H3,(H,49,56)(H,50,57)(H,51,55)(H,52,58)/t29-,33-,35-,36-,39-/m0/s1. The van der Waals surface area contributed by atoms with Crippen molar-refractivity contribution in [2.24, 2.45) is 23.5 Å². The van der Waals surface area contributed by atoms with Gasteiger partial charge in [-0.1, -0.05) is 116 Å². The Hall–Kier alpha value is -5.88. The van der Waals surface area contributed by atoms with E-state index in [-0.39, 0.29) is 46.6 Å². The number of nitrogens with zero attached hydrogens (tertiary/aromatic N) is 3. The molecule has 0 saturated heterocycles. The molecule has 1 fully saturated rings. The van der Waals surface area contributed by atoms with E-state index in [0.29, 0.717) is 24.8 Å². The van der Waals surface area contributed by atoms with E-state index < -0.39 is 87.9 Å². The van der Waals surface area contributed by atoms with Crippen LogP contribution in [0.4, 0.5) is 0 Å². The van der Waals surface area contributed by atoms with Crippen LogP contribution in [-0.4, -0.2) is 88.8 Å². The summed E-state index contributed by atoms with van der Waals surface area (Å²) < 4.78 is 28.5. The van der Waals surface area contributed by atoms with Crippen molar-refractivity contribution in [2.75, 3.05) is 0 Å². The minimum atomic E-state index is -4.69. The van der Waals surface area contributed by atoms with Gasteiger partial charge in [0.25, 0.3) is 21.8 Å². The molecule has 340 valence electrons. The van der Waals surface area contributed by atoms with Gasteiger partial charge in [0.05, 0.1) is 11.1 Å². The SMILES string of the molecule is CC[C@H](N)CC(=O)N(C(=O)C(=O)NS(=O)(=O)c1ccc(-c2ccccc2)cc1)C(=O)[C@H](CC1CCCCC1)NC(=O)[C@@H](NC(=O)[C@H](CC(C)C)NC(=O)c1cnccn1)[C@@H](C)CC. The van der Waals surface area contributed by atoms with Crippen LogP contribution in [0.5, 0.6) is 0 Å². The molecule has 1 heterocycles. The molecule has 0 bridgehead atoms. The Morgan fingerprint density at radius 2 is 1.44 bits per heavy atom. The van der Waals surface area contributed by atoms with E-state index >= 15 is 0 Å². The molecular weight excluding hydrogens is 829 g/mol. The molecular formula is C45H60N8O9S. The highest BCUT2D eigenvalue weighted by Gasteiger charge is 2.41. The Kier molecular flexibility index (Phi) is 18.6. The van der Waals surface area contributed by atoms with Gasteiger partial charge in [-0.25, -0.2) is 23.0 Å². The fourth-order valence-corrected chi connectivity index (χ4v) is 8.23. The summed E-state index contributed by atoms with van der Waals surface area (Å²) in [6, 6.07) is 9.91. The lowest BCUT2D eigenvalue weighted by molar-refractivity contribution is -0.160. The minimum Gasteiger partial charge on any atom is -0.342 e. The highest BCUT2D eigenvalue weighted by Crippen LogP contribution is 2.28. The van der Waals surface area contributed by atoms with Gasteiger partial charge in [0.1, 0.15) is 23.8 Å². The van der Waals surface area contributed by atoms with E-state index in [1.54, 1.807) is 25.5 Å². The van der Waals surface area contributed by atoms with E-state index in [1.807, 2.05) is 44.2 Å². The van der Waals surface area contributed by atoms with Gasteiger partial charge < -0.3 is 21.7 Å². The fourth-order valence-electron chi connectivity index (χ4n) is 7.28. The van der Waals surface area contributed by atoms with Gasteiger partial charge in [-0.05, 0) is 60.3 Å². The van der Waals surface area contributed by atoms with E-state index in [1.165, 1.54) is 42.9 Å². The third-order valence-corrected chi connectivity index (χ3v) is 12.5. The number of nitrogens with two attached hydrogens (primary N) is 1. The predicted octanol–water partition coefficient (Wildman–Crippen LogP) is 3.79. The number of rotatable bonds is 19. The van der Waals surface area contributed by atoms with Gasteiger partial charge >= 0.3 is 11.8 Å². The second kappa shape index (κ2) is 23.5. The Morgan fingerprint density at radius 1 is 0.794 bits per heavy atom. The number of sulfonamides is 1. The lowest BCUT2D eigenvalue weighted by Gasteiger charge is -2.32. The van der Waals surface area contributed by atoms with Crippen LogP contribution in [0.25, 0.3) is 11.1 Å². The van der Waals surface area contributed by atoms with Gasteiger partial charge in [-0.2, -0.15) is 0 Å². The average molecular weight is 889 g/mol. The quantitative estimate of drug-likeness (QED) is 0.108. The first-order valence-corrected chi connectivity index (χ1v) is 23.0. The maximum atomic E-state index is 14.6. The lowest BCUT2D eigenvalue weighted by atomic mass is 9.84. The van der Waals surface area contributed by atoms with Crippen LogP contribution in [-0.2, 0) is 38.8 Å². The summed E-state index contributed by atoms with van der Waals surface area (Å²) in [4.78, 5) is 105. The second-order valence-corrected chi connectivity index (χ2v) is 18.2. The first kappa shape index (κ1) is 49.8. The minimum absolute atomic E-state index is 0.0170. The van der Waals surface area contributed by atoms with Crippen molar-refractivity contribution in [2.45, 2.75) is 128 Å². The topological polar surface area (TPSA) is 257 Å². The van der Waals surface area contributed by atoms with E-state index in [0.717, 1.165) is 24.8 Å². The Bertz CT molecular complexity index is 2170. The number of amides is 7. The number of imide groups is 3. The number of hydrogen-bond donors (Lipinski definition) is 5. The summed E-state index contributed by atoms with van der Waals surface area (Å²) >= 11 is 0. The Morgan fingerprint density at radius 3 is 2.03 bits per heavy atom. The highest BCUT2D eigenvalue weighted by molar-refractivity contribution is 7.90. The first-order chi connectivity index (χ1) is 29.9. The van der Waals surface area contributed by atoms with E-state index in [4.69, 9.17) is 5.73 Å². The van der Waals surface area contributed by atoms with Crippen molar-refractivity contribution in [3.05, 3.63) is 78.9 Å².